The minimum Gasteiger partial charge on any atom is -0.427 e. The van der Waals surface area contributed by atoms with Crippen LogP contribution in [0.4, 0.5) is 0 Å². The zero-order chi connectivity index (χ0) is 21.7. The van der Waals surface area contributed by atoms with Gasteiger partial charge in [0.1, 0.15) is 11.5 Å². The second-order valence-corrected chi connectivity index (χ2v) is 7.30. The van der Waals surface area contributed by atoms with Gasteiger partial charge >= 0.3 is 11.9 Å². The number of aliphatic hydroxyl groups is 1. The Morgan fingerprint density at radius 3 is 2.13 bits per heavy atom. The molecule has 3 rings (SSSR count). The first-order valence-electron chi connectivity index (χ1n) is 9.91. The fourth-order valence-corrected chi connectivity index (χ4v) is 3.72. The second kappa shape index (κ2) is 9.54. The van der Waals surface area contributed by atoms with Crippen molar-refractivity contribution in [1.29, 1.82) is 0 Å². The average molecular weight is 411 g/mol. The number of hydrogen-bond acceptors (Lipinski definition) is 6. The van der Waals surface area contributed by atoms with Crippen LogP contribution in [0.1, 0.15) is 55.1 Å². The third-order valence-electron chi connectivity index (χ3n) is 4.97. The van der Waals surface area contributed by atoms with E-state index in [9.17, 15) is 19.5 Å². The Hall–Kier alpha value is -3.19. The highest BCUT2D eigenvalue weighted by Crippen LogP contribution is 2.31. The van der Waals surface area contributed by atoms with E-state index in [2.05, 4.69) is 0 Å². The van der Waals surface area contributed by atoms with Crippen molar-refractivity contribution in [3.63, 3.8) is 0 Å². The molecule has 0 saturated carbocycles. The first kappa shape index (κ1) is 21.5. The van der Waals surface area contributed by atoms with Gasteiger partial charge in [-0.15, -0.1) is 0 Å². The monoisotopic (exact) mass is 411 g/mol. The van der Waals surface area contributed by atoms with Crippen molar-refractivity contribution in [2.45, 2.75) is 45.3 Å². The third kappa shape index (κ3) is 5.24. The maximum atomic E-state index is 13.4. The highest BCUT2D eigenvalue weighted by Gasteiger charge is 2.33. The van der Waals surface area contributed by atoms with E-state index in [1.54, 1.807) is 4.90 Å². The summed E-state index contributed by atoms with van der Waals surface area (Å²) in [4.78, 5) is 37.7. The van der Waals surface area contributed by atoms with E-state index in [0.29, 0.717) is 13.0 Å². The van der Waals surface area contributed by atoms with Crippen molar-refractivity contribution in [2.24, 2.45) is 0 Å². The minimum atomic E-state index is -0.819. The number of amides is 1. The summed E-state index contributed by atoms with van der Waals surface area (Å²) in [5.74, 6) is -1.20. The Balaban J connectivity index is 1.92. The molecule has 7 nitrogen and oxygen atoms in total. The molecule has 1 aliphatic heterocycles. The van der Waals surface area contributed by atoms with Crippen LogP contribution in [0.2, 0.25) is 0 Å². The summed E-state index contributed by atoms with van der Waals surface area (Å²) in [5, 5.41) is 10.9. The number of aliphatic hydroxyl groups excluding tert-OH is 1. The number of nitrogens with zero attached hydrogens (tertiary/aromatic N) is 1. The Morgan fingerprint density at radius 2 is 1.57 bits per heavy atom. The Morgan fingerprint density at radius 1 is 0.967 bits per heavy atom. The molecule has 0 aliphatic carbocycles. The largest absolute Gasteiger partial charge is 0.427 e. The van der Waals surface area contributed by atoms with Crippen molar-refractivity contribution in [3.05, 3.63) is 59.7 Å². The minimum absolute atomic E-state index is 0.113. The van der Waals surface area contributed by atoms with Crippen molar-refractivity contribution >= 4 is 17.8 Å². The molecule has 1 N–H and O–H groups in total. The maximum absolute atomic E-state index is 13.4. The van der Waals surface area contributed by atoms with Gasteiger partial charge in [0, 0.05) is 32.0 Å². The number of ether oxygens (including phenoxy) is 2. The molecule has 7 heteroatoms. The molecule has 2 atom stereocenters. The summed E-state index contributed by atoms with van der Waals surface area (Å²) in [6, 6.07) is 13.1. The van der Waals surface area contributed by atoms with E-state index in [4.69, 9.17) is 9.47 Å². The molecule has 2 unspecified atom stereocenters. The zero-order valence-corrected chi connectivity index (χ0v) is 17.0. The van der Waals surface area contributed by atoms with Crippen molar-refractivity contribution in [1.82, 2.24) is 4.90 Å². The lowest BCUT2D eigenvalue weighted by atomic mass is 9.92. The molecule has 1 saturated heterocycles. The molecule has 0 aromatic heterocycles. The zero-order valence-electron chi connectivity index (χ0n) is 17.0. The summed E-state index contributed by atoms with van der Waals surface area (Å²) in [6.07, 6.45) is 1.58. The van der Waals surface area contributed by atoms with E-state index in [-0.39, 0.29) is 29.0 Å². The summed E-state index contributed by atoms with van der Waals surface area (Å²) in [5.41, 5.74) is 0.966. The molecule has 1 amide bonds. The standard InChI is InChI=1S/C23H25NO6/c1-15(25)29-19-12-18(13-20(14-19)30-16(2)26)23(28)24-11-7-6-10-21(24)22(27)17-8-4-3-5-9-17/h3-5,8-9,12-14,21-22,27H,6-7,10-11H2,1-2H3. The number of esters is 2. The van der Waals surface area contributed by atoms with E-state index < -0.39 is 18.0 Å². The number of carbonyl (C=O) groups excluding carboxylic acids is 3. The van der Waals surface area contributed by atoms with Gasteiger partial charge in [0.05, 0.1) is 12.1 Å². The lowest BCUT2D eigenvalue weighted by Gasteiger charge is -2.38. The van der Waals surface area contributed by atoms with E-state index in [1.165, 1.54) is 32.0 Å². The molecule has 2 aromatic carbocycles. The fraction of sp³-hybridized carbons (Fsp3) is 0.348. The van der Waals surface area contributed by atoms with Crippen LogP contribution >= 0.6 is 0 Å². The smallest absolute Gasteiger partial charge is 0.308 e. The SMILES string of the molecule is CC(=O)Oc1cc(OC(C)=O)cc(C(=O)N2CCCCC2C(O)c2ccccc2)c1. The van der Waals surface area contributed by atoms with Crippen LogP contribution in [0.5, 0.6) is 11.5 Å². The highest BCUT2D eigenvalue weighted by atomic mass is 16.5. The molecule has 1 heterocycles. The van der Waals surface area contributed by atoms with Crippen LogP contribution in [-0.4, -0.2) is 40.4 Å². The third-order valence-corrected chi connectivity index (χ3v) is 4.97. The van der Waals surface area contributed by atoms with Crippen LogP contribution in [0.15, 0.2) is 48.5 Å². The van der Waals surface area contributed by atoms with Crippen LogP contribution in [0.3, 0.4) is 0 Å². The highest BCUT2D eigenvalue weighted by molar-refractivity contribution is 5.95. The lowest BCUT2D eigenvalue weighted by molar-refractivity contribution is -0.132. The summed E-state index contributed by atoms with van der Waals surface area (Å²) in [6.45, 7) is 2.99. The molecule has 0 radical (unpaired) electrons. The van der Waals surface area contributed by atoms with Gasteiger partial charge < -0.3 is 19.5 Å². The van der Waals surface area contributed by atoms with Crippen LogP contribution in [0.25, 0.3) is 0 Å². The van der Waals surface area contributed by atoms with E-state index >= 15 is 0 Å². The maximum Gasteiger partial charge on any atom is 0.308 e. The molecular formula is C23H25NO6. The molecule has 2 aromatic rings. The van der Waals surface area contributed by atoms with Crippen molar-refractivity contribution in [3.8, 4) is 11.5 Å². The quantitative estimate of drug-likeness (QED) is 0.600. The van der Waals surface area contributed by atoms with Crippen LogP contribution in [-0.2, 0) is 9.59 Å². The molecule has 1 aliphatic rings. The van der Waals surface area contributed by atoms with Gasteiger partial charge in [-0.3, -0.25) is 14.4 Å². The fourth-order valence-electron chi connectivity index (χ4n) is 3.72. The predicted octanol–water partition coefficient (Wildman–Crippen LogP) is 3.27. The van der Waals surface area contributed by atoms with Gasteiger partial charge in [0.15, 0.2) is 0 Å². The molecule has 0 spiro atoms. The topological polar surface area (TPSA) is 93.1 Å². The van der Waals surface area contributed by atoms with Gasteiger partial charge in [-0.05, 0) is 37.0 Å². The Bertz CT molecular complexity index is 892. The molecule has 30 heavy (non-hydrogen) atoms. The van der Waals surface area contributed by atoms with Gasteiger partial charge in [-0.25, -0.2) is 0 Å². The lowest BCUT2D eigenvalue weighted by Crippen LogP contribution is -2.46. The molecule has 1 fully saturated rings. The van der Waals surface area contributed by atoms with Gasteiger partial charge in [0.2, 0.25) is 0 Å². The number of carbonyl (C=O) groups is 3. The summed E-state index contributed by atoms with van der Waals surface area (Å²) >= 11 is 0. The Labute approximate surface area is 175 Å². The normalized spacial score (nSPS) is 17.2. The Kier molecular flexibility index (Phi) is 6.84. The molecule has 0 bridgehead atoms. The second-order valence-electron chi connectivity index (χ2n) is 7.30. The van der Waals surface area contributed by atoms with Crippen molar-refractivity contribution in [2.75, 3.05) is 6.54 Å². The average Bonchev–Trinajstić information content (AvgIpc) is 2.72. The molecule has 158 valence electrons. The van der Waals surface area contributed by atoms with E-state index in [1.807, 2.05) is 30.3 Å². The van der Waals surface area contributed by atoms with Crippen LogP contribution < -0.4 is 9.47 Å². The number of benzene rings is 2. The predicted molar refractivity (Wildman–Crippen MR) is 109 cm³/mol. The number of piperidine rings is 1. The van der Waals surface area contributed by atoms with Gasteiger partial charge in [0.25, 0.3) is 5.91 Å². The van der Waals surface area contributed by atoms with Gasteiger partial charge in [-0.2, -0.15) is 0 Å². The van der Waals surface area contributed by atoms with Crippen molar-refractivity contribution < 1.29 is 29.0 Å². The first-order valence-corrected chi connectivity index (χ1v) is 9.91. The van der Waals surface area contributed by atoms with Gasteiger partial charge in [-0.1, -0.05) is 30.3 Å². The van der Waals surface area contributed by atoms with Crippen LogP contribution in [0, 0.1) is 0 Å². The number of hydrogen-bond donors (Lipinski definition) is 1. The number of rotatable bonds is 5. The number of likely N-dealkylation sites (tertiary alicyclic amines) is 1. The summed E-state index contributed by atoms with van der Waals surface area (Å²) < 4.78 is 10.2. The summed E-state index contributed by atoms with van der Waals surface area (Å²) in [7, 11) is 0. The molecular weight excluding hydrogens is 386 g/mol. The van der Waals surface area contributed by atoms with E-state index in [0.717, 1.165) is 18.4 Å². The first-order chi connectivity index (χ1) is 14.3.